The zero-order valence-electron chi connectivity index (χ0n) is 16.6. The van der Waals surface area contributed by atoms with E-state index < -0.39 is 5.56 Å². The molecule has 2 aromatic heterocycles. The topological polar surface area (TPSA) is 79.0 Å². The van der Waals surface area contributed by atoms with Crippen molar-refractivity contribution >= 4 is 5.91 Å². The van der Waals surface area contributed by atoms with Crippen molar-refractivity contribution in [2.75, 3.05) is 7.05 Å². The highest BCUT2D eigenvalue weighted by Gasteiger charge is 2.21. The van der Waals surface area contributed by atoms with Crippen molar-refractivity contribution in [3.8, 4) is 11.4 Å². The van der Waals surface area contributed by atoms with Crippen LogP contribution in [0.3, 0.4) is 0 Å². The summed E-state index contributed by atoms with van der Waals surface area (Å²) in [6.45, 7) is 5.93. The third-order valence-electron chi connectivity index (χ3n) is 4.81. The molecular weight excluding hydrogens is 352 g/mol. The Hall–Kier alpha value is -3.28. The number of aryl methyl sites for hydroxylation is 2. The van der Waals surface area contributed by atoms with Crippen LogP contribution in [0.4, 0.5) is 0 Å². The van der Waals surface area contributed by atoms with Gasteiger partial charge in [0.1, 0.15) is 11.4 Å². The van der Waals surface area contributed by atoms with Gasteiger partial charge in [-0.05, 0) is 38.5 Å². The lowest BCUT2D eigenvalue weighted by Gasteiger charge is -2.24. The monoisotopic (exact) mass is 376 g/mol. The van der Waals surface area contributed by atoms with Gasteiger partial charge >= 0.3 is 0 Å². The predicted molar refractivity (Wildman–Crippen MR) is 109 cm³/mol. The second kappa shape index (κ2) is 8.17. The van der Waals surface area contributed by atoms with Crippen molar-refractivity contribution < 1.29 is 4.79 Å². The van der Waals surface area contributed by atoms with Crippen LogP contribution in [0.15, 0.2) is 53.6 Å². The lowest BCUT2D eigenvalue weighted by Crippen LogP contribution is -2.39. The van der Waals surface area contributed by atoms with Gasteiger partial charge in [0.25, 0.3) is 11.5 Å². The molecule has 1 N–H and O–H groups in total. The number of carbonyl (C=O) groups is 1. The molecule has 0 aliphatic heterocycles. The van der Waals surface area contributed by atoms with Crippen molar-refractivity contribution in [3.05, 3.63) is 81.5 Å². The van der Waals surface area contributed by atoms with Crippen LogP contribution in [0.1, 0.15) is 34.1 Å². The van der Waals surface area contributed by atoms with Crippen LogP contribution >= 0.6 is 0 Å². The largest absolute Gasteiger partial charge is 0.338 e. The van der Waals surface area contributed by atoms with Crippen LogP contribution in [0.5, 0.6) is 0 Å². The molecule has 0 spiro atoms. The molecule has 144 valence electrons. The molecule has 0 saturated carbocycles. The summed E-state index contributed by atoms with van der Waals surface area (Å²) in [6, 6.07) is 11.5. The Morgan fingerprint density at radius 1 is 1.11 bits per heavy atom. The zero-order valence-corrected chi connectivity index (χ0v) is 16.6. The van der Waals surface area contributed by atoms with Crippen LogP contribution in [-0.2, 0) is 6.42 Å². The molecule has 2 heterocycles. The van der Waals surface area contributed by atoms with Gasteiger partial charge in [-0.25, -0.2) is 4.98 Å². The summed E-state index contributed by atoms with van der Waals surface area (Å²) in [7, 11) is 1.69. The summed E-state index contributed by atoms with van der Waals surface area (Å²) < 4.78 is 0. The number of aromatic amines is 1. The molecule has 1 aromatic carbocycles. The maximum Gasteiger partial charge on any atom is 0.264 e. The van der Waals surface area contributed by atoms with Gasteiger partial charge in [-0.15, -0.1) is 0 Å². The average molecular weight is 376 g/mol. The maximum absolute atomic E-state index is 12.8. The van der Waals surface area contributed by atoms with Crippen LogP contribution in [0, 0.1) is 13.8 Å². The lowest BCUT2D eigenvalue weighted by atomic mass is 10.1. The Kier molecular flexibility index (Phi) is 5.68. The van der Waals surface area contributed by atoms with Gasteiger partial charge in [-0.3, -0.25) is 14.6 Å². The van der Waals surface area contributed by atoms with Crippen LogP contribution in [0.25, 0.3) is 11.4 Å². The minimum absolute atomic E-state index is 0.0300. The highest BCUT2D eigenvalue weighted by atomic mass is 16.2. The molecule has 6 nitrogen and oxygen atoms in total. The SMILES string of the molecule is Cc1ccc(-c2ncc(C(=O)N(C)[C@@H](C)Cc3cc(C)ccn3)c(=O)[nH]2)cc1. The van der Waals surface area contributed by atoms with E-state index in [0.717, 1.165) is 22.4 Å². The van der Waals surface area contributed by atoms with E-state index in [2.05, 4.69) is 15.0 Å². The third kappa shape index (κ3) is 4.34. The number of likely N-dealkylation sites (N-methyl/N-ethyl adjacent to an activating group) is 1. The summed E-state index contributed by atoms with van der Waals surface area (Å²) >= 11 is 0. The van der Waals surface area contributed by atoms with E-state index in [-0.39, 0.29) is 17.5 Å². The van der Waals surface area contributed by atoms with Crippen molar-refractivity contribution in [2.24, 2.45) is 0 Å². The standard InChI is InChI=1S/C22H24N4O2/c1-14-5-7-17(8-6-14)20-24-13-19(21(27)25-20)22(28)26(4)16(3)12-18-11-15(2)9-10-23-18/h5-11,13,16H,12H2,1-4H3,(H,24,25,27)/t16-/m0/s1. The molecule has 0 bridgehead atoms. The molecule has 6 heteroatoms. The van der Waals surface area contributed by atoms with E-state index in [1.807, 2.05) is 57.2 Å². The number of carbonyl (C=O) groups excluding carboxylic acids is 1. The molecular formula is C22H24N4O2. The van der Waals surface area contributed by atoms with Crippen LogP contribution < -0.4 is 5.56 Å². The molecule has 0 saturated heterocycles. The second-order valence-corrected chi connectivity index (χ2v) is 7.13. The Balaban J connectivity index is 1.77. The van der Waals surface area contributed by atoms with Crippen molar-refractivity contribution in [1.29, 1.82) is 0 Å². The number of H-pyrrole nitrogens is 1. The quantitative estimate of drug-likeness (QED) is 0.742. The number of aromatic nitrogens is 3. The Morgan fingerprint density at radius 3 is 2.46 bits per heavy atom. The minimum Gasteiger partial charge on any atom is -0.338 e. The summed E-state index contributed by atoms with van der Waals surface area (Å²) in [5.74, 6) is 0.0885. The van der Waals surface area contributed by atoms with Gasteiger partial charge < -0.3 is 9.88 Å². The molecule has 0 radical (unpaired) electrons. The molecule has 0 aliphatic carbocycles. The van der Waals surface area contributed by atoms with Crippen molar-refractivity contribution in [1.82, 2.24) is 19.9 Å². The van der Waals surface area contributed by atoms with E-state index in [9.17, 15) is 9.59 Å². The molecule has 1 amide bonds. The highest BCUT2D eigenvalue weighted by Crippen LogP contribution is 2.15. The number of hydrogen-bond acceptors (Lipinski definition) is 4. The molecule has 3 rings (SSSR count). The third-order valence-corrected chi connectivity index (χ3v) is 4.81. The molecule has 0 unspecified atom stereocenters. The zero-order chi connectivity index (χ0) is 20.3. The molecule has 3 aromatic rings. The predicted octanol–water partition coefficient (Wildman–Crippen LogP) is 3.15. The first-order valence-electron chi connectivity index (χ1n) is 9.20. The molecule has 1 atom stereocenters. The van der Waals surface area contributed by atoms with Crippen molar-refractivity contribution in [3.63, 3.8) is 0 Å². The second-order valence-electron chi connectivity index (χ2n) is 7.13. The van der Waals surface area contributed by atoms with Gasteiger partial charge in [0.05, 0.1) is 0 Å². The fraction of sp³-hybridized carbons (Fsp3) is 0.273. The number of benzene rings is 1. The van der Waals surface area contributed by atoms with Crippen molar-refractivity contribution in [2.45, 2.75) is 33.2 Å². The molecule has 0 aliphatic rings. The van der Waals surface area contributed by atoms with Gasteiger partial charge in [-0.1, -0.05) is 29.8 Å². The van der Waals surface area contributed by atoms with Crippen LogP contribution in [-0.4, -0.2) is 38.8 Å². The first kappa shape index (κ1) is 19.5. The number of pyridine rings is 1. The van der Waals surface area contributed by atoms with Crippen LogP contribution in [0.2, 0.25) is 0 Å². The number of amides is 1. The van der Waals surface area contributed by atoms with Gasteiger partial charge in [-0.2, -0.15) is 0 Å². The summed E-state index contributed by atoms with van der Waals surface area (Å²) in [4.78, 5) is 38.2. The highest BCUT2D eigenvalue weighted by molar-refractivity contribution is 5.93. The normalized spacial score (nSPS) is 11.9. The average Bonchev–Trinajstić information content (AvgIpc) is 2.67. The maximum atomic E-state index is 12.8. The van der Waals surface area contributed by atoms with Gasteiger partial charge in [0.2, 0.25) is 0 Å². The lowest BCUT2D eigenvalue weighted by molar-refractivity contribution is 0.0740. The fourth-order valence-electron chi connectivity index (χ4n) is 2.95. The molecule has 0 fully saturated rings. The summed E-state index contributed by atoms with van der Waals surface area (Å²) in [6.07, 6.45) is 3.72. The number of nitrogens with zero attached hydrogens (tertiary/aromatic N) is 3. The van der Waals surface area contributed by atoms with E-state index in [4.69, 9.17) is 0 Å². The Labute approximate surface area is 164 Å². The smallest absolute Gasteiger partial charge is 0.264 e. The number of rotatable bonds is 5. The molecule has 28 heavy (non-hydrogen) atoms. The fourth-order valence-corrected chi connectivity index (χ4v) is 2.95. The Bertz CT molecular complexity index is 1040. The number of hydrogen-bond donors (Lipinski definition) is 1. The van der Waals surface area contributed by atoms with Gasteiger partial charge in [0.15, 0.2) is 0 Å². The Morgan fingerprint density at radius 2 is 1.82 bits per heavy atom. The van der Waals surface area contributed by atoms with E-state index in [0.29, 0.717) is 12.2 Å². The van der Waals surface area contributed by atoms with E-state index in [1.54, 1.807) is 18.1 Å². The summed E-state index contributed by atoms with van der Waals surface area (Å²) in [5.41, 5.74) is 3.55. The first-order chi connectivity index (χ1) is 13.3. The number of nitrogens with one attached hydrogen (secondary N) is 1. The summed E-state index contributed by atoms with van der Waals surface area (Å²) in [5, 5.41) is 0. The first-order valence-corrected chi connectivity index (χ1v) is 9.20. The minimum atomic E-state index is -0.441. The van der Waals surface area contributed by atoms with E-state index >= 15 is 0 Å². The van der Waals surface area contributed by atoms with E-state index in [1.165, 1.54) is 6.20 Å². The van der Waals surface area contributed by atoms with Gasteiger partial charge in [0, 0.05) is 43.2 Å².